The maximum atomic E-state index is 2.57. The van der Waals surface area contributed by atoms with E-state index in [-0.39, 0.29) is 5.92 Å². The molecule has 0 fully saturated rings. The van der Waals surface area contributed by atoms with Crippen molar-refractivity contribution in [1.82, 2.24) is 0 Å². The molecule has 2 aliphatic rings. The number of aryl methyl sites for hydroxylation is 1. The lowest BCUT2D eigenvalue weighted by atomic mass is 9.64. The monoisotopic (exact) mass is 938 g/mol. The topological polar surface area (TPSA) is 6.48 Å². The molecule has 2 heterocycles. The van der Waals surface area contributed by atoms with Crippen LogP contribution in [-0.4, -0.2) is 0 Å². The molecule has 72 heavy (non-hydrogen) atoms. The summed E-state index contributed by atoms with van der Waals surface area (Å²) in [6.45, 7) is 0.761. The second kappa shape index (κ2) is 17.4. The minimum absolute atomic E-state index is 0.180. The number of hydrogen-bond donors (Lipinski definition) is 0. The zero-order valence-corrected chi connectivity index (χ0v) is 40.6. The number of rotatable bonds is 10. The van der Waals surface area contributed by atoms with Gasteiger partial charge in [-0.15, -0.1) is 11.3 Å². The molecule has 0 saturated carbocycles. The van der Waals surface area contributed by atoms with Crippen molar-refractivity contribution in [2.45, 2.75) is 30.7 Å². The summed E-state index contributed by atoms with van der Waals surface area (Å²) >= 11 is 1.96. The third-order valence-electron chi connectivity index (χ3n) is 15.6. The second-order valence-corrected chi connectivity index (χ2v) is 20.5. The van der Waals surface area contributed by atoms with Crippen molar-refractivity contribution in [3.63, 3.8) is 0 Å². The van der Waals surface area contributed by atoms with Gasteiger partial charge in [0.25, 0.3) is 0 Å². The Balaban J connectivity index is 0.894. The maximum Gasteiger partial charge on any atom is 0.0754 e. The van der Waals surface area contributed by atoms with Gasteiger partial charge in [-0.2, -0.15) is 0 Å². The van der Waals surface area contributed by atoms with E-state index in [0.717, 1.165) is 19.4 Å². The molecule has 0 saturated heterocycles. The average molecular weight is 939 g/mol. The lowest BCUT2D eigenvalue weighted by Gasteiger charge is -2.45. The van der Waals surface area contributed by atoms with Gasteiger partial charge in [0.1, 0.15) is 0 Å². The van der Waals surface area contributed by atoms with Crippen LogP contribution in [0.15, 0.2) is 261 Å². The molecule has 1 aromatic heterocycles. The molecule has 1 unspecified atom stereocenters. The van der Waals surface area contributed by atoms with Crippen molar-refractivity contribution in [2.24, 2.45) is 0 Å². The van der Waals surface area contributed by atoms with E-state index in [1.165, 1.54) is 115 Å². The smallest absolute Gasteiger partial charge is 0.0754 e. The van der Waals surface area contributed by atoms with Crippen LogP contribution in [0.1, 0.15) is 56.8 Å². The van der Waals surface area contributed by atoms with E-state index < -0.39 is 5.41 Å². The summed E-state index contributed by atoms with van der Waals surface area (Å²) in [5, 5.41) is 5.13. The highest BCUT2D eigenvalue weighted by Crippen LogP contribution is 2.63. The fourth-order valence-corrected chi connectivity index (χ4v) is 13.9. The summed E-state index contributed by atoms with van der Waals surface area (Å²) in [6.07, 6.45) is 1.89. The van der Waals surface area contributed by atoms with Crippen molar-refractivity contribution in [3.05, 3.63) is 305 Å². The number of para-hydroxylation sites is 3. The molecular weight excluding hydrogens is 889 g/mol. The summed E-state index contributed by atoms with van der Waals surface area (Å²) in [5.41, 5.74) is 19.0. The zero-order valence-electron chi connectivity index (χ0n) is 39.8. The van der Waals surface area contributed by atoms with E-state index in [4.69, 9.17) is 0 Å². The number of fused-ring (bicyclic) bond motifs is 13. The van der Waals surface area contributed by atoms with E-state index in [2.05, 4.69) is 271 Å². The minimum atomic E-state index is -0.486. The normalized spacial score (nSPS) is 13.5. The van der Waals surface area contributed by atoms with Crippen LogP contribution in [0.4, 0.5) is 28.4 Å². The summed E-state index contributed by atoms with van der Waals surface area (Å²) < 4.78 is 2.69. The minimum Gasteiger partial charge on any atom is -0.335 e. The van der Waals surface area contributed by atoms with E-state index in [0.29, 0.717) is 0 Å². The Morgan fingerprint density at radius 1 is 0.417 bits per heavy atom. The number of benzene rings is 11. The van der Waals surface area contributed by atoms with Gasteiger partial charge >= 0.3 is 0 Å². The summed E-state index contributed by atoms with van der Waals surface area (Å²) in [5.74, 6) is 0.180. The second-order valence-electron chi connectivity index (χ2n) is 19.4. The third kappa shape index (κ3) is 6.69. The fraction of sp³-hybridized carbons (Fsp3) is 0.0725. The van der Waals surface area contributed by atoms with Crippen molar-refractivity contribution >= 4 is 70.7 Å². The van der Waals surface area contributed by atoms with Crippen LogP contribution in [0.2, 0.25) is 0 Å². The van der Waals surface area contributed by atoms with Crippen molar-refractivity contribution in [3.8, 4) is 11.1 Å². The first-order chi connectivity index (χ1) is 35.7. The standard InChI is InChI=1S/C69H50N2S/c1-4-21-48(22-5-1)46-70(63-39-18-26-50-25-10-11-29-53(50)63)66-40-20-33-58-57-32-19-31-56(67(57)72-68(58)66)52(49-23-6-2-7-24-49)43-41-47-42-44-55-54-30-12-13-34-59(54)69(62(55)45-47)60-35-14-16-37-64(60)71(51-27-8-3-9-28-51)65-38-17-15-36-61(65)69/h1-40,42,44-45,52H,41,43,46H2. The van der Waals surface area contributed by atoms with Crippen molar-refractivity contribution in [2.75, 3.05) is 9.80 Å². The lowest BCUT2D eigenvalue weighted by molar-refractivity contribution is 0.715. The van der Waals surface area contributed by atoms with Crippen LogP contribution < -0.4 is 9.80 Å². The first-order valence-electron chi connectivity index (χ1n) is 25.3. The van der Waals surface area contributed by atoms with Gasteiger partial charge in [-0.1, -0.05) is 224 Å². The Bertz CT molecular complexity index is 3940. The molecule has 1 spiro atoms. The molecule has 0 N–H and O–H groups in total. The molecule has 0 amide bonds. The number of nitrogens with zero attached hydrogens (tertiary/aromatic N) is 2. The summed E-state index contributed by atoms with van der Waals surface area (Å²) in [4.78, 5) is 5.01. The van der Waals surface area contributed by atoms with Crippen LogP contribution in [-0.2, 0) is 18.4 Å². The summed E-state index contributed by atoms with van der Waals surface area (Å²) in [6, 6.07) is 97.3. The Kier molecular flexibility index (Phi) is 10.3. The van der Waals surface area contributed by atoms with Gasteiger partial charge in [0.15, 0.2) is 0 Å². The molecule has 1 aliphatic heterocycles. The number of anilines is 5. The molecular formula is C69H50N2S. The third-order valence-corrected chi connectivity index (χ3v) is 16.9. The van der Waals surface area contributed by atoms with Gasteiger partial charge in [0, 0.05) is 44.7 Å². The highest BCUT2D eigenvalue weighted by atomic mass is 32.1. The number of thiophene rings is 1. The molecule has 0 bridgehead atoms. The lowest BCUT2D eigenvalue weighted by Crippen LogP contribution is -2.36. The van der Waals surface area contributed by atoms with Gasteiger partial charge in [-0.3, -0.25) is 0 Å². The Labute approximate surface area is 425 Å². The van der Waals surface area contributed by atoms with Gasteiger partial charge < -0.3 is 9.80 Å². The Morgan fingerprint density at radius 3 is 1.76 bits per heavy atom. The Morgan fingerprint density at radius 2 is 0.986 bits per heavy atom. The molecule has 0 radical (unpaired) electrons. The van der Waals surface area contributed by atoms with Crippen LogP contribution >= 0.6 is 11.3 Å². The molecule has 3 heteroatoms. The zero-order chi connectivity index (χ0) is 47.6. The molecule has 14 rings (SSSR count). The van der Waals surface area contributed by atoms with Gasteiger partial charge in [-0.25, -0.2) is 0 Å². The Hall–Kier alpha value is -8.50. The van der Waals surface area contributed by atoms with E-state index in [1.807, 2.05) is 11.3 Å². The number of hydrogen-bond acceptors (Lipinski definition) is 3. The summed E-state index contributed by atoms with van der Waals surface area (Å²) in [7, 11) is 0. The predicted octanol–water partition coefficient (Wildman–Crippen LogP) is 18.5. The molecule has 1 aliphatic carbocycles. The van der Waals surface area contributed by atoms with E-state index in [1.54, 1.807) is 0 Å². The quantitative estimate of drug-likeness (QED) is 0.135. The average Bonchev–Trinajstić information content (AvgIpc) is 3.98. The molecule has 342 valence electrons. The molecule has 1 atom stereocenters. The van der Waals surface area contributed by atoms with E-state index in [9.17, 15) is 0 Å². The van der Waals surface area contributed by atoms with Crippen LogP contribution in [0.5, 0.6) is 0 Å². The van der Waals surface area contributed by atoms with Crippen LogP contribution in [0.25, 0.3) is 42.1 Å². The molecule has 12 aromatic rings. The SMILES string of the molecule is c1ccc(CN(c2cccc3ccccc23)c2cccc3c2sc2c(C(CCc4ccc5c(c4)C4(c6ccccc6-5)c5ccccc5N(c5ccccc5)c5ccccc54)c4ccccc4)cccc23)cc1. The van der Waals surface area contributed by atoms with Gasteiger partial charge in [0.2, 0.25) is 0 Å². The van der Waals surface area contributed by atoms with Crippen molar-refractivity contribution in [1.29, 1.82) is 0 Å². The van der Waals surface area contributed by atoms with Gasteiger partial charge in [-0.05, 0) is 110 Å². The van der Waals surface area contributed by atoms with Crippen LogP contribution in [0.3, 0.4) is 0 Å². The maximum absolute atomic E-state index is 2.57. The highest BCUT2D eigenvalue weighted by Gasteiger charge is 2.51. The highest BCUT2D eigenvalue weighted by molar-refractivity contribution is 7.26. The van der Waals surface area contributed by atoms with Gasteiger partial charge in [0.05, 0.1) is 27.2 Å². The molecule has 2 nitrogen and oxygen atoms in total. The first kappa shape index (κ1) is 42.4. The largest absolute Gasteiger partial charge is 0.335 e. The first-order valence-corrected chi connectivity index (χ1v) is 26.1. The fourth-order valence-electron chi connectivity index (χ4n) is 12.5. The van der Waals surface area contributed by atoms with Crippen molar-refractivity contribution < 1.29 is 0 Å². The molecule has 11 aromatic carbocycles. The predicted molar refractivity (Wildman–Crippen MR) is 304 cm³/mol. The van der Waals surface area contributed by atoms with E-state index >= 15 is 0 Å². The van der Waals surface area contributed by atoms with Crippen LogP contribution in [0, 0.1) is 0 Å².